The van der Waals surface area contributed by atoms with Crippen LogP contribution in [0, 0.1) is 0 Å². The van der Waals surface area contributed by atoms with Crippen molar-refractivity contribution in [3.63, 3.8) is 0 Å². The third-order valence-electron chi connectivity index (χ3n) is 3.43. The summed E-state index contributed by atoms with van der Waals surface area (Å²) in [5, 5.41) is 13.5. The first-order valence-electron chi connectivity index (χ1n) is 8.53. The molecule has 2 aromatic rings. The average Bonchev–Trinajstić information content (AvgIpc) is 3.09. The molecule has 8 heteroatoms. The second-order valence-electron chi connectivity index (χ2n) is 5.63. The van der Waals surface area contributed by atoms with Crippen molar-refractivity contribution in [2.75, 3.05) is 18.4 Å². The van der Waals surface area contributed by atoms with Crippen LogP contribution in [0.15, 0.2) is 47.7 Å². The zero-order valence-corrected chi connectivity index (χ0v) is 17.6. The Balaban J connectivity index is 0.00000338. The summed E-state index contributed by atoms with van der Waals surface area (Å²) in [6, 6.07) is 9.64. The minimum Gasteiger partial charge on any atom is -0.357 e. The average molecular weight is 470 g/mol. The number of hydrogen-bond acceptors (Lipinski definition) is 3. The van der Waals surface area contributed by atoms with Gasteiger partial charge in [0, 0.05) is 44.6 Å². The summed E-state index contributed by atoms with van der Waals surface area (Å²) < 4.78 is 1.92. The van der Waals surface area contributed by atoms with Gasteiger partial charge in [0.25, 0.3) is 0 Å². The number of aryl methyl sites for hydroxylation is 1. The van der Waals surface area contributed by atoms with E-state index in [4.69, 9.17) is 0 Å². The molecule has 2 rings (SSSR count). The molecule has 0 radical (unpaired) electrons. The van der Waals surface area contributed by atoms with E-state index in [-0.39, 0.29) is 29.9 Å². The predicted molar refractivity (Wildman–Crippen MR) is 116 cm³/mol. The van der Waals surface area contributed by atoms with Crippen molar-refractivity contribution in [1.29, 1.82) is 0 Å². The van der Waals surface area contributed by atoms with Crippen LogP contribution in [0.25, 0.3) is 0 Å². The number of amides is 1. The first kappa shape index (κ1) is 21.9. The highest BCUT2D eigenvalue weighted by Gasteiger charge is 2.00. The summed E-state index contributed by atoms with van der Waals surface area (Å²) in [5.41, 5.74) is 1.83. The number of nitrogens with zero attached hydrogens (tertiary/aromatic N) is 3. The van der Waals surface area contributed by atoms with Gasteiger partial charge in [0.05, 0.1) is 6.54 Å². The third kappa shape index (κ3) is 8.32. The highest BCUT2D eigenvalue weighted by Crippen LogP contribution is 2.11. The lowest BCUT2D eigenvalue weighted by molar-refractivity contribution is -0.114. The Labute approximate surface area is 171 Å². The molecule has 0 unspecified atom stereocenters. The highest BCUT2D eigenvalue weighted by atomic mass is 127. The lowest BCUT2D eigenvalue weighted by Gasteiger charge is -2.11. The number of hydrogen-bond donors (Lipinski definition) is 3. The highest BCUT2D eigenvalue weighted by molar-refractivity contribution is 14.0. The number of anilines is 1. The van der Waals surface area contributed by atoms with Gasteiger partial charge in [0.2, 0.25) is 5.91 Å². The van der Waals surface area contributed by atoms with Crippen LogP contribution in [0.2, 0.25) is 0 Å². The SMILES string of the molecule is CCNC(=NCc1cccc(NC(C)=O)c1)NCCCn1cccn1.I. The number of carbonyl (C=O) groups is 1. The van der Waals surface area contributed by atoms with Gasteiger partial charge in [-0.15, -0.1) is 24.0 Å². The molecule has 1 aromatic carbocycles. The number of guanidine groups is 1. The lowest BCUT2D eigenvalue weighted by atomic mass is 10.2. The van der Waals surface area contributed by atoms with E-state index in [1.807, 2.05) is 48.1 Å². The molecule has 0 spiro atoms. The minimum absolute atomic E-state index is 0. The number of halogens is 1. The van der Waals surface area contributed by atoms with Crippen LogP contribution in [-0.4, -0.2) is 34.7 Å². The molecule has 7 nitrogen and oxygen atoms in total. The number of nitrogens with one attached hydrogen (secondary N) is 3. The van der Waals surface area contributed by atoms with Gasteiger partial charge in [-0.2, -0.15) is 5.10 Å². The fourth-order valence-electron chi connectivity index (χ4n) is 2.34. The monoisotopic (exact) mass is 470 g/mol. The first-order valence-corrected chi connectivity index (χ1v) is 8.53. The van der Waals surface area contributed by atoms with Crippen molar-refractivity contribution in [2.24, 2.45) is 4.99 Å². The van der Waals surface area contributed by atoms with E-state index in [0.717, 1.165) is 43.3 Å². The maximum Gasteiger partial charge on any atom is 0.221 e. The van der Waals surface area contributed by atoms with Crippen molar-refractivity contribution in [2.45, 2.75) is 33.4 Å². The summed E-state index contributed by atoms with van der Waals surface area (Å²) in [4.78, 5) is 15.7. The van der Waals surface area contributed by atoms with Crippen LogP contribution in [-0.2, 0) is 17.9 Å². The van der Waals surface area contributed by atoms with E-state index in [9.17, 15) is 4.79 Å². The molecule has 0 fully saturated rings. The van der Waals surface area contributed by atoms with Crippen LogP contribution < -0.4 is 16.0 Å². The fraction of sp³-hybridized carbons (Fsp3) is 0.389. The molecular formula is C18H27IN6O. The molecule has 0 saturated heterocycles. The van der Waals surface area contributed by atoms with Gasteiger partial charge < -0.3 is 16.0 Å². The second kappa shape index (κ2) is 12.3. The maximum absolute atomic E-state index is 11.1. The molecule has 1 heterocycles. The van der Waals surface area contributed by atoms with Crippen LogP contribution in [0.5, 0.6) is 0 Å². The van der Waals surface area contributed by atoms with E-state index in [0.29, 0.717) is 6.54 Å². The molecular weight excluding hydrogens is 443 g/mol. The molecule has 142 valence electrons. The molecule has 1 aromatic heterocycles. The molecule has 0 aliphatic carbocycles. The van der Waals surface area contributed by atoms with Crippen molar-refractivity contribution in [1.82, 2.24) is 20.4 Å². The van der Waals surface area contributed by atoms with E-state index >= 15 is 0 Å². The van der Waals surface area contributed by atoms with Gasteiger partial charge in [0.15, 0.2) is 5.96 Å². The van der Waals surface area contributed by atoms with Gasteiger partial charge in [-0.05, 0) is 37.1 Å². The summed E-state index contributed by atoms with van der Waals surface area (Å²) in [6.07, 6.45) is 4.71. The standard InChI is InChI=1S/C18H26N6O.HI/c1-3-19-18(20-9-5-11-24-12-6-10-22-24)21-14-16-7-4-8-17(13-16)23-15(2)25;/h4,6-8,10,12-13H,3,5,9,11,14H2,1-2H3,(H,23,25)(H2,19,20,21);1H. The Morgan fingerprint density at radius 1 is 1.27 bits per heavy atom. The Morgan fingerprint density at radius 3 is 2.81 bits per heavy atom. The molecule has 26 heavy (non-hydrogen) atoms. The van der Waals surface area contributed by atoms with E-state index in [2.05, 4.69) is 26.0 Å². The summed E-state index contributed by atoms with van der Waals surface area (Å²) in [5.74, 6) is 0.709. The molecule has 0 atom stereocenters. The van der Waals surface area contributed by atoms with E-state index < -0.39 is 0 Å². The quantitative estimate of drug-likeness (QED) is 0.240. The van der Waals surface area contributed by atoms with Crippen molar-refractivity contribution >= 4 is 41.5 Å². The second-order valence-corrected chi connectivity index (χ2v) is 5.63. The molecule has 0 aliphatic rings. The minimum atomic E-state index is -0.0761. The zero-order chi connectivity index (χ0) is 17.9. The van der Waals surface area contributed by atoms with Crippen molar-refractivity contribution in [3.8, 4) is 0 Å². The van der Waals surface area contributed by atoms with Crippen LogP contribution >= 0.6 is 24.0 Å². The first-order chi connectivity index (χ1) is 12.2. The maximum atomic E-state index is 11.1. The fourth-order valence-corrected chi connectivity index (χ4v) is 2.34. The molecule has 0 aliphatic heterocycles. The third-order valence-corrected chi connectivity index (χ3v) is 3.43. The van der Waals surface area contributed by atoms with Crippen molar-refractivity contribution < 1.29 is 4.79 Å². The van der Waals surface area contributed by atoms with Gasteiger partial charge in [-0.3, -0.25) is 9.48 Å². The van der Waals surface area contributed by atoms with Crippen LogP contribution in [0.4, 0.5) is 5.69 Å². The van der Waals surface area contributed by atoms with Crippen LogP contribution in [0.1, 0.15) is 25.8 Å². The smallest absolute Gasteiger partial charge is 0.221 e. The van der Waals surface area contributed by atoms with E-state index in [1.54, 1.807) is 6.20 Å². The van der Waals surface area contributed by atoms with Gasteiger partial charge in [-0.25, -0.2) is 4.99 Å². The lowest BCUT2D eigenvalue weighted by Crippen LogP contribution is -2.38. The van der Waals surface area contributed by atoms with Crippen LogP contribution in [0.3, 0.4) is 0 Å². The van der Waals surface area contributed by atoms with Gasteiger partial charge in [0.1, 0.15) is 0 Å². The van der Waals surface area contributed by atoms with Gasteiger partial charge in [-0.1, -0.05) is 12.1 Å². The molecule has 0 bridgehead atoms. The number of rotatable bonds is 8. The Morgan fingerprint density at radius 2 is 2.12 bits per heavy atom. The Bertz CT molecular complexity index is 687. The molecule has 0 saturated carbocycles. The predicted octanol–water partition coefficient (Wildman–Crippen LogP) is 2.60. The Hall–Kier alpha value is -2.10. The van der Waals surface area contributed by atoms with E-state index in [1.165, 1.54) is 6.92 Å². The van der Waals surface area contributed by atoms with Gasteiger partial charge >= 0.3 is 0 Å². The summed E-state index contributed by atoms with van der Waals surface area (Å²) in [7, 11) is 0. The number of carbonyl (C=O) groups excluding carboxylic acids is 1. The summed E-state index contributed by atoms with van der Waals surface area (Å²) >= 11 is 0. The normalized spacial score (nSPS) is 10.8. The topological polar surface area (TPSA) is 83.3 Å². The zero-order valence-electron chi connectivity index (χ0n) is 15.2. The largest absolute Gasteiger partial charge is 0.357 e. The Kier molecular flexibility index (Phi) is 10.4. The molecule has 1 amide bonds. The molecule has 3 N–H and O–H groups in total. The number of aromatic nitrogens is 2. The number of aliphatic imine (C=N–C) groups is 1. The summed E-state index contributed by atoms with van der Waals surface area (Å²) in [6.45, 7) is 6.58. The van der Waals surface area contributed by atoms with Crippen molar-refractivity contribution in [3.05, 3.63) is 48.3 Å². The number of benzene rings is 1.